The van der Waals surface area contributed by atoms with Gasteiger partial charge in [-0.3, -0.25) is 0 Å². The molecule has 1 aromatic rings. The number of piperazine rings is 1. The van der Waals surface area contributed by atoms with Crippen molar-refractivity contribution >= 4 is 5.69 Å². The van der Waals surface area contributed by atoms with Gasteiger partial charge >= 0.3 is 0 Å². The second-order valence-electron chi connectivity index (χ2n) is 5.44. The fraction of sp³-hybridized carbons (Fsp3) is 0.600. The molecular weight excluding hydrogens is 224 g/mol. The number of hydrogen-bond acceptors (Lipinski definition) is 3. The molecular formula is C15H24N2O. The third kappa shape index (κ3) is 2.61. The summed E-state index contributed by atoms with van der Waals surface area (Å²) in [6, 6.07) is 6.39. The van der Waals surface area contributed by atoms with Gasteiger partial charge in [0.15, 0.2) is 0 Å². The van der Waals surface area contributed by atoms with Crippen LogP contribution in [0.25, 0.3) is 0 Å². The number of hydrogen-bond donors (Lipinski definition) is 1. The van der Waals surface area contributed by atoms with E-state index in [1.807, 2.05) is 0 Å². The molecule has 1 atom stereocenters. The summed E-state index contributed by atoms with van der Waals surface area (Å²) >= 11 is 0. The Morgan fingerprint density at radius 2 is 2.22 bits per heavy atom. The molecule has 1 aliphatic rings. The molecule has 0 aromatic heterocycles. The first kappa shape index (κ1) is 13.2. The molecule has 0 aliphatic carbocycles. The fourth-order valence-corrected chi connectivity index (χ4v) is 2.54. The molecule has 2 rings (SSSR count). The van der Waals surface area contributed by atoms with Crippen molar-refractivity contribution in [3.8, 4) is 5.75 Å². The van der Waals surface area contributed by atoms with E-state index < -0.39 is 0 Å². The van der Waals surface area contributed by atoms with Crippen LogP contribution in [-0.2, 0) is 0 Å². The highest BCUT2D eigenvalue weighted by molar-refractivity contribution is 5.60. The smallest absolute Gasteiger partial charge is 0.142 e. The molecule has 0 spiro atoms. The number of anilines is 1. The van der Waals surface area contributed by atoms with E-state index in [4.69, 9.17) is 4.74 Å². The van der Waals surface area contributed by atoms with Crippen LogP contribution in [0.1, 0.15) is 25.8 Å². The van der Waals surface area contributed by atoms with Crippen LogP contribution in [0.5, 0.6) is 5.75 Å². The fourth-order valence-electron chi connectivity index (χ4n) is 2.54. The molecule has 0 bridgehead atoms. The van der Waals surface area contributed by atoms with Crippen molar-refractivity contribution in [1.29, 1.82) is 0 Å². The van der Waals surface area contributed by atoms with Crippen molar-refractivity contribution in [3.63, 3.8) is 0 Å². The van der Waals surface area contributed by atoms with E-state index >= 15 is 0 Å². The van der Waals surface area contributed by atoms with E-state index in [1.165, 1.54) is 11.3 Å². The van der Waals surface area contributed by atoms with Gasteiger partial charge in [0.05, 0.1) is 12.8 Å². The van der Waals surface area contributed by atoms with Crippen LogP contribution in [0, 0.1) is 6.92 Å². The highest BCUT2D eigenvalue weighted by atomic mass is 16.5. The lowest BCUT2D eigenvalue weighted by Gasteiger charge is -2.42. The zero-order valence-corrected chi connectivity index (χ0v) is 11.9. The van der Waals surface area contributed by atoms with Gasteiger partial charge in [-0.05, 0) is 38.0 Å². The summed E-state index contributed by atoms with van der Waals surface area (Å²) in [7, 11) is 1.75. The van der Waals surface area contributed by atoms with E-state index in [2.05, 4.69) is 49.2 Å². The predicted molar refractivity (Wildman–Crippen MR) is 76.6 cm³/mol. The van der Waals surface area contributed by atoms with Crippen molar-refractivity contribution in [3.05, 3.63) is 23.8 Å². The molecule has 1 aliphatic heterocycles. The van der Waals surface area contributed by atoms with Gasteiger partial charge < -0.3 is 15.0 Å². The van der Waals surface area contributed by atoms with E-state index in [0.717, 1.165) is 31.8 Å². The Kier molecular flexibility index (Phi) is 3.81. The normalized spacial score (nSPS) is 24.1. The molecule has 3 nitrogen and oxygen atoms in total. The molecule has 18 heavy (non-hydrogen) atoms. The predicted octanol–water partition coefficient (Wildman–Crippen LogP) is 2.58. The van der Waals surface area contributed by atoms with Crippen molar-refractivity contribution in [2.75, 3.05) is 31.6 Å². The van der Waals surface area contributed by atoms with Gasteiger partial charge in [0.25, 0.3) is 0 Å². The minimum atomic E-state index is 0.201. The molecule has 1 heterocycles. The topological polar surface area (TPSA) is 24.5 Å². The Hall–Kier alpha value is -1.22. The summed E-state index contributed by atoms with van der Waals surface area (Å²) in [5.41, 5.74) is 2.70. The first-order chi connectivity index (χ1) is 8.58. The molecule has 1 aromatic carbocycles. The van der Waals surface area contributed by atoms with Gasteiger partial charge in [0.1, 0.15) is 5.75 Å². The van der Waals surface area contributed by atoms with Crippen LogP contribution >= 0.6 is 0 Å². The Labute approximate surface area is 110 Å². The first-order valence-electron chi connectivity index (χ1n) is 6.72. The zero-order chi connectivity index (χ0) is 13.2. The van der Waals surface area contributed by atoms with E-state index in [-0.39, 0.29) is 5.54 Å². The molecule has 1 saturated heterocycles. The SMILES string of the molecule is CCC1(C)CN(c2cc(C)ccc2OC)CCN1. The Morgan fingerprint density at radius 1 is 1.44 bits per heavy atom. The van der Waals surface area contributed by atoms with Crippen molar-refractivity contribution in [2.45, 2.75) is 32.7 Å². The Balaban J connectivity index is 2.28. The Bertz CT molecular complexity index is 419. The largest absolute Gasteiger partial charge is 0.495 e. The number of benzene rings is 1. The number of methoxy groups -OCH3 is 1. The highest BCUT2D eigenvalue weighted by Gasteiger charge is 2.29. The van der Waals surface area contributed by atoms with Crippen molar-refractivity contribution in [2.24, 2.45) is 0 Å². The number of rotatable bonds is 3. The van der Waals surface area contributed by atoms with Gasteiger partial charge in [-0.15, -0.1) is 0 Å². The lowest BCUT2D eigenvalue weighted by Crippen LogP contribution is -2.58. The minimum Gasteiger partial charge on any atom is -0.495 e. The lowest BCUT2D eigenvalue weighted by molar-refractivity contribution is 0.312. The highest BCUT2D eigenvalue weighted by Crippen LogP contribution is 2.31. The second kappa shape index (κ2) is 5.19. The van der Waals surface area contributed by atoms with Gasteiger partial charge in [0.2, 0.25) is 0 Å². The lowest BCUT2D eigenvalue weighted by atomic mass is 9.95. The number of nitrogens with zero attached hydrogens (tertiary/aromatic N) is 1. The third-order valence-electron chi connectivity index (χ3n) is 3.93. The number of nitrogens with one attached hydrogen (secondary N) is 1. The molecule has 1 fully saturated rings. The van der Waals surface area contributed by atoms with Crippen LogP contribution in [-0.4, -0.2) is 32.3 Å². The number of ether oxygens (including phenoxy) is 1. The minimum absolute atomic E-state index is 0.201. The number of aryl methyl sites for hydroxylation is 1. The average Bonchev–Trinajstić information content (AvgIpc) is 2.39. The van der Waals surface area contributed by atoms with Gasteiger partial charge in [-0.2, -0.15) is 0 Å². The van der Waals surface area contributed by atoms with Crippen molar-refractivity contribution < 1.29 is 4.74 Å². The van der Waals surface area contributed by atoms with Gasteiger partial charge in [-0.1, -0.05) is 13.0 Å². The van der Waals surface area contributed by atoms with Crippen LogP contribution in [0.2, 0.25) is 0 Å². The maximum Gasteiger partial charge on any atom is 0.142 e. The summed E-state index contributed by atoms with van der Waals surface area (Å²) in [6.07, 6.45) is 1.14. The molecule has 1 N–H and O–H groups in total. The second-order valence-corrected chi connectivity index (χ2v) is 5.44. The standard InChI is InChI=1S/C15H24N2O/c1-5-15(3)11-17(9-8-16-15)13-10-12(2)6-7-14(13)18-4/h6-7,10,16H,5,8-9,11H2,1-4H3. The summed E-state index contributed by atoms with van der Waals surface area (Å²) in [4.78, 5) is 2.44. The summed E-state index contributed by atoms with van der Waals surface area (Å²) in [5, 5.41) is 3.61. The quantitative estimate of drug-likeness (QED) is 0.890. The van der Waals surface area contributed by atoms with Crippen LogP contribution in [0.15, 0.2) is 18.2 Å². The molecule has 0 saturated carbocycles. The monoisotopic (exact) mass is 248 g/mol. The average molecular weight is 248 g/mol. The van der Waals surface area contributed by atoms with Crippen LogP contribution < -0.4 is 15.0 Å². The molecule has 0 amide bonds. The van der Waals surface area contributed by atoms with E-state index in [0.29, 0.717) is 0 Å². The van der Waals surface area contributed by atoms with Crippen LogP contribution in [0.3, 0.4) is 0 Å². The molecule has 1 unspecified atom stereocenters. The Morgan fingerprint density at radius 3 is 2.89 bits per heavy atom. The molecule has 3 heteroatoms. The maximum atomic E-state index is 5.49. The first-order valence-corrected chi connectivity index (χ1v) is 6.72. The summed E-state index contributed by atoms with van der Waals surface area (Å²) in [5.74, 6) is 0.973. The zero-order valence-electron chi connectivity index (χ0n) is 11.9. The maximum absolute atomic E-state index is 5.49. The summed E-state index contributed by atoms with van der Waals surface area (Å²) < 4.78 is 5.49. The summed E-state index contributed by atoms with van der Waals surface area (Å²) in [6.45, 7) is 9.76. The van der Waals surface area contributed by atoms with Crippen molar-refractivity contribution in [1.82, 2.24) is 5.32 Å². The third-order valence-corrected chi connectivity index (χ3v) is 3.93. The molecule has 100 valence electrons. The van der Waals surface area contributed by atoms with Crippen LogP contribution in [0.4, 0.5) is 5.69 Å². The van der Waals surface area contributed by atoms with Gasteiger partial charge in [0, 0.05) is 25.2 Å². The van der Waals surface area contributed by atoms with E-state index in [1.54, 1.807) is 7.11 Å². The molecule has 0 radical (unpaired) electrons. The van der Waals surface area contributed by atoms with Gasteiger partial charge in [-0.25, -0.2) is 0 Å². The van der Waals surface area contributed by atoms with E-state index in [9.17, 15) is 0 Å².